The lowest BCUT2D eigenvalue weighted by molar-refractivity contribution is 0.0972. The molecule has 20 heavy (non-hydrogen) atoms. The van der Waals surface area contributed by atoms with E-state index >= 15 is 0 Å². The number of rotatable bonds is 1. The number of anilines is 3. The first-order chi connectivity index (χ1) is 9.50. The molecule has 3 heterocycles. The largest absolute Gasteiger partial charge is 0.335 e. The highest BCUT2D eigenvalue weighted by atomic mass is 16.2. The minimum Gasteiger partial charge on any atom is -0.335 e. The van der Waals surface area contributed by atoms with Gasteiger partial charge < -0.3 is 10.2 Å². The van der Waals surface area contributed by atoms with E-state index in [1.807, 2.05) is 32.9 Å². The Morgan fingerprint density at radius 2 is 2.10 bits per heavy atom. The second-order valence-corrected chi connectivity index (χ2v) is 5.20. The van der Waals surface area contributed by atoms with Crippen molar-refractivity contribution >= 4 is 23.1 Å². The summed E-state index contributed by atoms with van der Waals surface area (Å²) in [4.78, 5) is 19.0. The smallest absolute Gasteiger partial charge is 0.279 e. The molecule has 0 radical (unpaired) electrons. The lowest BCUT2D eigenvalue weighted by atomic mass is 10.2. The van der Waals surface area contributed by atoms with Gasteiger partial charge in [-0.05, 0) is 32.9 Å². The molecule has 2 aromatic rings. The van der Waals surface area contributed by atoms with Crippen LogP contribution in [0.2, 0.25) is 0 Å². The van der Waals surface area contributed by atoms with Gasteiger partial charge >= 0.3 is 0 Å². The quantitative estimate of drug-likeness (QED) is 0.864. The van der Waals surface area contributed by atoms with Crippen LogP contribution in [0.3, 0.4) is 0 Å². The van der Waals surface area contributed by atoms with Gasteiger partial charge in [-0.3, -0.25) is 9.48 Å². The molecule has 0 spiro atoms. The summed E-state index contributed by atoms with van der Waals surface area (Å²) in [6.07, 6.45) is 1.71. The van der Waals surface area contributed by atoms with Crippen LogP contribution in [0.5, 0.6) is 0 Å². The Morgan fingerprint density at radius 3 is 2.80 bits per heavy atom. The van der Waals surface area contributed by atoms with E-state index in [1.165, 1.54) is 0 Å². The number of fused-ring (bicyclic) bond motifs is 2. The van der Waals surface area contributed by atoms with E-state index in [1.54, 1.807) is 22.8 Å². The van der Waals surface area contributed by atoms with E-state index in [4.69, 9.17) is 0 Å². The highest BCUT2D eigenvalue weighted by Gasteiger charge is 2.32. The van der Waals surface area contributed by atoms with Crippen molar-refractivity contribution < 1.29 is 4.79 Å². The Hall–Kier alpha value is -2.37. The molecule has 6 heteroatoms. The summed E-state index contributed by atoms with van der Waals surface area (Å²) in [6, 6.07) is 3.78. The zero-order valence-corrected chi connectivity index (χ0v) is 12.0. The van der Waals surface area contributed by atoms with Gasteiger partial charge in [-0.1, -0.05) is 0 Å². The van der Waals surface area contributed by atoms with Gasteiger partial charge in [0.1, 0.15) is 5.69 Å². The number of hydrogen-bond donors (Lipinski definition) is 1. The Kier molecular flexibility index (Phi) is 2.74. The van der Waals surface area contributed by atoms with Gasteiger partial charge in [-0.15, -0.1) is 0 Å². The van der Waals surface area contributed by atoms with Crippen LogP contribution >= 0.6 is 0 Å². The van der Waals surface area contributed by atoms with Crippen molar-refractivity contribution in [2.24, 2.45) is 7.05 Å². The minimum absolute atomic E-state index is 0.0356. The number of pyridine rings is 1. The molecule has 0 atom stereocenters. The maximum absolute atomic E-state index is 12.9. The molecular formula is C14H17N5O. The van der Waals surface area contributed by atoms with Gasteiger partial charge in [0.2, 0.25) is 0 Å². The molecule has 0 bridgehead atoms. The molecule has 0 aromatic carbocycles. The molecule has 0 aliphatic carbocycles. The van der Waals surface area contributed by atoms with E-state index in [0.717, 1.165) is 17.1 Å². The second-order valence-electron chi connectivity index (χ2n) is 5.20. The highest BCUT2D eigenvalue weighted by Crippen LogP contribution is 2.36. The summed E-state index contributed by atoms with van der Waals surface area (Å²) in [5, 5.41) is 7.58. The monoisotopic (exact) mass is 271 g/mol. The fourth-order valence-corrected chi connectivity index (χ4v) is 2.60. The summed E-state index contributed by atoms with van der Waals surface area (Å²) in [7, 11) is 1.79. The Labute approximate surface area is 117 Å². The average molecular weight is 271 g/mol. The number of hydrogen-bond acceptors (Lipinski definition) is 4. The lowest BCUT2D eigenvalue weighted by Crippen LogP contribution is -2.37. The third-order valence-electron chi connectivity index (χ3n) is 3.45. The standard InChI is InChI=1S/C14H17N5O/c1-8(2)19-10-6-5-7-15-13(10)16-11-9(3)17-18(4)12(11)14(19)20/h5-8H,1-4H3,(H,15,16). The summed E-state index contributed by atoms with van der Waals surface area (Å²) < 4.78 is 1.63. The van der Waals surface area contributed by atoms with Crippen LogP contribution in [-0.4, -0.2) is 26.7 Å². The van der Waals surface area contributed by atoms with Crippen molar-refractivity contribution in [3.63, 3.8) is 0 Å². The van der Waals surface area contributed by atoms with E-state index in [-0.39, 0.29) is 11.9 Å². The Bertz CT molecular complexity index is 689. The third-order valence-corrected chi connectivity index (χ3v) is 3.45. The SMILES string of the molecule is Cc1nn(C)c2c1Nc1ncccc1N(C(C)C)C2=O. The van der Waals surface area contributed by atoms with Crippen LogP contribution < -0.4 is 10.2 Å². The first-order valence-corrected chi connectivity index (χ1v) is 6.60. The Morgan fingerprint density at radius 1 is 1.35 bits per heavy atom. The molecular weight excluding hydrogens is 254 g/mol. The van der Waals surface area contributed by atoms with Gasteiger partial charge in [0.15, 0.2) is 5.82 Å². The summed E-state index contributed by atoms with van der Waals surface area (Å²) >= 11 is 0. The van der Waals surface area contributed by atoms with Crippen molar-refractivity contribution in [2.75, 3.05) is 10.2 Å². The van der Waals surface area contributed by atoms with Crippen molar-refractivity contribution in [1.82, 2.24) is 14.8 Å². The molecule has 0 fully saturated rings. The molecule has 1 aliphatic heterocycles. The van der Waals surface area contributed by atoms with Gasteiger partial charge in [0, 0.05) is 19.3 Å². The molecule has 2 aromatic heterocycles. The van der Waals surface area contributed by atoms with Crippen LogP contribution in [-0.2, 0) is 7.05 Å². The van der Waals surface area contributed by atoms with E-state index in [2.05, 4.69) is 15.4 Å². The average Bonchev–Trinajstić information content (AvgIpc) is 2.58. The molecule has 0 unspecified atom stereocenters. The molecule has 104 valence electrons. The lowest BCUT2D eigenvalue weighted by Gasteiger charge is -2.26. The minimum atomic E-state index is -0.0580. The Balaban J connectivity index is 2.29. The van der Waals surface area contributed by atoms with Gasteiger partial charge in [-0.25, -0.2) is 4.98 Å². The molecule has 0 saturated carbocycles. The zero-order chi connectivity index (χ0) is 14.4. The van der Waals surface area contributed by atoms with E-state index in [9.17, 15) is 4.79 Å². The fourth-order valence-electron chi connectivity index (χ4n) is 2.60. The predicted molar refractivity (Wildman–Crippen MR) is 77.4 cm³/mol. The number of carbonyl (C=O) groups excluding carboxylic acids is 1. The van der Waals surface area contributed by atoms with Crippen LogP contribution in [0.1, 0.15) is 30.0 Å². The van der Waals surface area contributed by atoms with Crippen molar-refractivity contribution in [1.29, 1.82) is 0 Å². The first kappa shape index (κ1) is 12.7. The predicted octanol–water partition coefficient (Wildman–Crippen LogP) is 2.24. The van der Waals surface area contributed by atoms with Crippen LogP contribution in [0, 0.1) is 6.92 Å². The number of aromatic nitrogens is 3. The summed E-state index contributed by atoms with van der Waals surface area (Å²) in [6.45, 7) is 5.86. The maximum Gasteiger partial charge on any atom is 0.279 e. The fraction of sp³-hybridized carbons (Fsp3) is 0.357. The van der Waals surface area contributed by atoms with E-state index < -0.39 is 0 Å². The number of carbonyl (C=O) groups is 1. The van der Waals surface area contributed by atoms with Crippen LogP contribution in [0.25, 0.3) is 0 Å². The van der Waals surface area contributed by atoms with Crippen molar-refractivity contribution in [2.45, 2.75) is 26.8 Å². The summed E-state index contributed by atoms with van der Waals surface area (Å²) in [5.74, 6) is 0.627. The zero-order valence-electron chi connectivity index (χ0n) is 12.0. The molecule has 6 nitrogen and oxygen atoms in total. The molecule has 1 N–H and O–H groups in total. The molecule has 3 rings (SSSR count). The second kappa shape index (κ2) is 4.33. The van der Waals surface area contributed by atoms with Crippen molar-refractivity contribution in [3.05, 3.63) is 29.7 Å². The number of nitrogens with zero attached hydrogens (tertiary/aromatic N) is 4. The molecule has 1 amide bonds. The first-order valence-electron chi connectivity index (χ1n) is 6.60. The van der Waals surface area contributed by atoms with Crippen molar-refractivity contribution in [3.8, 4) is 0 Å². The maximum atomic E-state index is 12.9. The van der Waals surface area contributed by atoms with Crippen LogP contribution in [0.15, 0.2) is 18.3 Å². The number of amides is 1. The molecule has 1 aliphatic rings. The van der Waals surface area contributed by atoms with Gasteiger partial charge in [0.25, 0.3) is 5.91 Å². The van der Waals surface area contributed by atoms with Gasteiger partial charge in [-0.2, -0.15) is 5.10 Å². The normalized spacial score (nSPS) is 13.8. The van der Waals surface area contributed by atoms with Crippen LogP contribution in [0.4, 0.5) is 17.2 Å². The summed E-state index contributed by atoms with van der Waals surface area (Å²) in [5.41, 5.74) is 2.89. The van der Waals surface area contributed by atoms with E-state index in [0.29, 0.717) is 11.5 Å². The highest BCUT2D eigenvalue weighted by molar-refractivity contribution is 6.12. The number of aryl methyl sites for hydroxylation is 2. The topological polar surface area (TPSA) is 63.1 Å². The molecule has 0 saturated heterocycles. The van der Waals surface area contributed by atoms with Gasteiger partial charge in [0.05, 0.1) is 17.1 Å². The number of nitrogens with one attached hydrogen (secondary N) is 1. The third kappa shape index (κ3) is 1.68.